The van der Waals surface area contributed by atoms with Crippen molar-refractivity contribution in [1.82, 2.24) is 20.3 Å². The summed E-state index contributed by atoms with van der Waals surface area (Å²) < 4.78 is 0. The first-order valence-electron chi connectivity index (χ1n) is 5.68. The number of nitrogens with zero attached hydrogens (tertiary/aromatic N) is 4. The highest BCUT2D eigenvalue weighted by Gasteiger charge is 2.20. The number of thiazole rings is 1. The highest BCUT2D eigenvalue weighted by Crippen LogP contribution is 2.23. The molecule has 0 unspecified atom stereocenters. The number of likely N-dealkylation sites (N-methyl/N-ethyl adjacent to an activating group) is 1. The Bertz CT molecular complexity index is 637. The molecule has 0 radical (unpaired) electrons. The minimum absolute atomic E-state index is 0.117. The highest BCUT2D eigenvalue weighted by molar-refractivity contribution is 7.13. The van der Waals surface area contributed by atoms with Gasteiger partial charge in [-0.2, -0.15) is 5.10 Å². The molecule has 0 bridgehead atoms. The Morgan fingerprint density at radius 3 is 3.11 bits per heavy atom. The van der Waals surface area contributed by atoms with Crippen LogP contribution in [0, 0.1) is 0 Å². The van der Waals surface area contributed by atoms with E-state index in [1.165, 1.54) is 11.3 Å². The second-order valence-corrected chi connectivity index (χ2v) is 4.96. The van der Waals surface area contributed by atoms with E-state index < -0.39 is 0 Å². The van der Waals surface area contributed by atoms with Crippen molar-refractivity contribution in [3.8, 4) is 10.6 Å². The van der Waals surface area contributed by atoms with Gasteiger partial charge in [-0.05, 0) is 12.1 Å². The van der Waals surface area contributed by atoms with E-state index in [0.29, 0.717) is 12.4 Å². The molecule has 1 aliphatic heterocycles. The fraction of sp³-hybridized carbons (Fsp3) is 0.167. The molecule has 2 aromatic heterocycles. The van der Waals surface area contributed by atoms with Gasteiger partial charge in [0.25, 0.3) is 5.91 Å². The Morgan fingerprint density at radius 1 is 1.47 bits per heavy atom. The Kier molecular flexibility index (Phi) is 2.96. The molecule has 0 aromatic carbocycles. The van der Waals surface area contributed by atoms with Gasteiger partial charge >= 0.3 is 0 Å². The summed E-state index contributed by atoms with van der Waals surface area (Å²) in [4.78, 5) is 21.6. The Labute approximate surface area is 113 Å². The van der Waals surface area contributed by atoms with Crippen LogP contribution < -0.4 is 5.43 Å². The maximum atomic E-state index is 11.2. The zero-order valence-electron chi connectivity index (χ0n) is 10.2. The SMILES string of the molecule is CN1CC(=O)NN=C1c1csc(-c2cccnc2)n1. The third kappa shape index (κ3) is 2.32. The van der Waals surface area contributed by atoms with Crippen LogP contribution in [0.5, 0.6) is 0 Å². The Morgan fingerprint density at radius 2 is 2.37 bits per heavy atom. The van der Waals surface area contributed by atoms with Gasteiger partial charge in [0.2, 0.25) is 0 Å². The minimum Gasteiger partial charge on any atom is -0.347 e. The average molecular weight is 273 g/mol. The molecule has 6 nitrogen and oxygen atoms in total. The third-order valence-electron chi connectivity index (χ3n) is 2.67. The predicted molar refractivity (Wildman–Crippen MR) is 72.7 cm³/mol. The number of amidine groups is 1. The Hall–Kier alpha value is -2.28. The van der Waals surface area contributed by atoms with Crippen molar-refractivity contribution >= 4 is 23.1 Å². The number of hydrogen-bond acceptors (Lipinski definition) is 6. The number of rotatable bonds is 2. The quantitative estimate of drug-likeness (QED) is 0.883. The van der Waals surface area contributed by atoms with Crippen LogP contribution in [0.4, 0.5) is 0 Å². The van der Waals surface area contributed by atoms with Crippen molar-refractivity contribution in [2.45, 2.75) is 0 Å². The molecule has 19 heavy (non-hydrogen) atoms. The van der Waals surface area contributed by atoms with E-state index in [1.807, 2.05) is 24.6 Å². The average Bonchev–Trinajstić information content (AvgIpc) is 2.89. The molecule has 0 fully saturated rings. The second-order valence-electron chi connectivity index (χ2n) is 4.11. The maximum Gasteiger partial charge on any atom is 0.259 e. The molecule has 0 aliphatic carbocycles. The molecule has 0 saturated heterocycles. The molecule has 1 N–H and O–H groups in total. The third-order valence-corrected chi connectivity index (χ3v) is 3.56. The molecule has 0 atom stereocenters. The molecule has 96 valence electrons. The first-order valence-corrected chi connectivity index (χ1v) is 6.56. The van der Waals surface area contributed by atoms with Crippen LogP contribution in [0.3, 0.4) is 0 Å². The van der Waals surface area contributed by atoms with Gasteiger partial charge in [0, 0.05) is 30.4 Å². The van der Waals surface area contributed by atoms with Gasteiger partial charge in [-0.25, -0.2) is 10.4 Å². The molecule has 1 amide bonds. The number of nitrogens with one attached hydrogen (secondary N) is 1. The molecule has 2 aromatic rings. The largest absolute Gasteiger partial charge is 0.347 e. The molecule has 0 saturated carbocycles. The van der Waals surface area contributed by atoms with Crippen LogP contribution in [0.1, 0.15) is 5.69 Å². The summed E-state index contributed by atoms with van der Waals surface area (Å²) in [6.07, 6.45) is 3.50. The summed E-state index contributed by atoms with van der Waals surface area (Å²) in [6.45, 7) is 0.290. The van der Waals surface area contributed by atoms with E-state index in [9.17, 15) is 4.79 Å². The van der Waals surface area contributed by atoms with Gasteiger partial charge in [-0.15, -0.1) is 11.3 Å². The normalized spacial score (nSPS) is 15.1. The predicted octanol–water partition coefficient (Wildman–Crippen LogP) is 0.928. The number of aromatic nitrogens is 2. The van der Waals surface area contributed by atoms with E-state index >= 15 is 0 Å². The zero-order chi connectivity index (χ0) is 13.2. The summed E-state index contributed by atoms with van der Waals surface area (Å²) in [5.41, 5.74) is 4.20. The molecule has 3 rings (SSSR count). The van der Waals surface area contributed by atoms with Gasteiger partial charge in [0.1, 0.15) is 10.7 Å². The molecule has 3 heterocycles. The van der Waals surface area contributed by atoms with Crippen LogP contribution >= 0.6 is 11.3 Å². The van der Waals surface area contributed by atoms with E-state index in [-0.39, 0.29) is 5.91 Å². The molecular weight excluding hydrogens is 262 g/mol. The lowest BCUT2D eigenvalue weighted by Crippen LogP contribution is -2.43. The van der Waals surface area contributed by atoms with Crippen LogP contribution in [0.25, 0.3) is 10.6 Å². The van der Waals surface area contributed by atoms with Crippen LogP contribution in [0.15, 0.2) is 35.0 Å². The molecule has 1 aliphatic rings. The van der Waals surface area contributed by atoms with Crippen LogP contribution in [-0.2, 0) is 4.79 Å². The first kappa shape index (κ1) is 11.8. The summed E-state index contributed by atoms with van der Waals surface area (Å²) in [5, 5.41) is 6.85. The number of hydrazone groups is 1. The highest BCUT2D eigenvalue weighted by atomic mass is 32.1. The van der Waals surface area contributed by atoms with Crippen molar-refractivity contribution in [2.75, 3.05) is 13.6 Å². The van der Waals surface area contributed by atoms with Crippen molar-refractivity contribution < 1.29 is 4.79 Å². The van der Waals surface area contributed by atoms with Crippen LogP contribution in [0.2, 0.25) is 0 Å². The number of pyridine rings is 1. The fourth-order valence-corrected chi connectivity index (χ4v) is 2.57. The minimum atomic E-state index is -0.117. The number of carbonyl (C=O) groups is 1. The maximum absolute atomic E-state index is 11.2. The van der Waals surface area contributed by atoms with Gasteiger partial charge in [0.15, 0.2) is 5.84 Å². The summed E-state index contributed by atoms with van der Waals surface area (Å²) in [6, 6.07) is 3.84. The standard InChI is InChI=1S/C12H11N5OS/c1-17-6-10(18)15-16-11(17)9-7-19-12(14-9)8-3-2-4-13-5-8/h2-5,7H,6H2,1H3,(H,15,18). The topological polar surface area (TPSA) is 70.5 Å². The number of amides is 1. The van der Waals surface area contributed by atoms with Gasteiger partial charge in [0.05, 0.1) is 6.54 Å². The molecule has 7 heteroatoms. The van der Waals surface area contributed by atoms with E-state index in [0.717, 1.165) is 16.3 Å². The van der Waals surface area contributed by atoms with Crippen molar-refractivity contribution in [3.05, 3.63) is 35.6 Å². The van der Waals surface area contributed by atoms with Gasteiger partial charge in [-0.1, -0.05) is 0 Å². The van der Waals surface area contributed by atoms with Crippen LogP contribution in [-0.4, -0.2) is 40.2 Å². The monoisotopic (exact) mass is 273 g/mol. The Balaban J connectivity index is 1.92. The van der Waals surface area contributed by atoms with E-state index in [1.54, 1.807) is 17.3 Å². The lowest BCUT2D eigenvalue weighted by Gasteiger charge is -2.22. The van der Waals surface area contributed by atoms with Crippen molar-refractivity contribution in [2.24, 2.45) is 5.10 Å². The van der Waals surface area contributed by atoms with Gasteiger partial charge in [-0.3, -0.25) is 9.78 Å². The lowest BCUT2D eigenvalue weighted by atomic mass is 10.3. The zero-order valence-corrected chi connectivity index (χ0v) is 11.0. The first-order chi connectivity index (χ1) is 9.24. The summed E-state index contributed by atoms with van der Waals surface area (Å²) in [5.74, 6) is 0.556. The van der Waals surface area contributed by atoms with Crippen molar-refractivity contribution in [1.29, 1.82) is 0 Å². The van der Waals surface area contributed by atoms with Crippen molar-refractivity contribution in [3.63, 3.8) is 0 Å². The number of hydrogen-bond donors (Lipinski definition) is 1. The summed E-state index contributed by atoms with van der Waals surface area (Å²) in [7, 11) is 1.82. The van der Waals surface area contributed by atoms with E-state index in [4.69, 9.17) is 0 Å². The smallest absolute Gasteiger partial charge is 0.259 e. The van der Waals surface area contributed by atoms with E-state index in [2.05, 4.69) is 20.5 Å². The fourth-order valence-electron chi connectivity index (χ4n) is 1.78. The lowest BCUT2D eigenvalue weighted by molar-refractivity contribution is -0.121. The summed E-state index contributed by atoms with van der Waals surface area (Å²) >= 11 is 1.53. The van der Waals surface area contributed by atoms with Gasteiger partial charge < -0.3 is 4.90 Å². The second kappa shape index (κ2) is 4.77. The molecular formula is C12H11N5OS. The number of carbonyl (C=O) groups excluding carboxylic acids is 1. The molecule has 0 spiro atoms.